The van der Waals surface area contributed by atoms with Crippen LogP contribution in [0.3, 0.4) is 0 Å². The van der Waals surface area contributed by atoms with Crippen LogP contribution in [0.2, 0.25) is 0 Å². The first-order valence-electron chi connectivity index (χ1n) is 13.1. The number of carbonyl (C=O) groups is 2. The lowest BCUT2D eigenvalue weighted by Crippen LogP contribution is -2.29. The van der Waals surface area contributed by atoms with Crippen molar-refractivity contribution in [2.75, 3.05) is 20.3 Å². The zero-order valence-electron chi connectivity index (χ0n) is 22.8. The quantitative estimate of drug-likeness (QED) is 0.278. The van der Waals surface area contributed by atoms with Crippen molar-refractivity contribution >= 4 is 11.9 Å². The lowest BCUT2D eigenvalue weighted by molar-refractivity contribution is -0.139. The minimum atomic E-state index is -0.778. The number of methoxy groups -OCH3 is 1. The third-order valence-corrected chi connectivity index (χ3v) is 6.29. The number of ether oxygens (including phenoxy) is 4. The van der Waals surface area contributed by atoms with Crippen molar-refractivity contribution in [3.8, 4) is 11.5 Å². The second-order valence-corrected chi connectivity index (χ2v) is 9.03. The molecule has 0 saturated heterocycles. The summed E-state index contributed by atoms with van der Waals surface area (Å²) in [5.41, 5.74) is 2.94. The van der Waals surface area contributed by atoms with Crippen LogP contribution in [-0.2, 0) is 32.2 Å². The minimum Gasteiger partial charge on any atom is -0.493 e. The maximum Gasteiger partial charge on any atom is 0.336 e. The molecule has 7 nitrogen and oxygen atoms in total. The first-order valence-corrected chi connectivity index (χ1v) is 13.1. The maximum atomic E-state index is 13.5. The first kappa shape index (κ1) is 28.4. The smallest absolute Gasteiger partial charge is 0.336 e. The average molecular weight is 546 g/mol. The van der Waals surface area contributed by atoms with Crippen LogP contribution in [0.1, 0.15) is 36.5 Å². The van der Waals surface area contributed by atoms with Gasteiger partial charge in [-0.1, -0.05) is 48.5 Å². The molecule has 8 heteroatoms. The van der Waals surface area contributed by atoms with Gasteiger partial charge < -0.3 is 23.8 Å². The van der Waals surface area contributed by atoms with Crippen molar-refractivity contribution in [3.63, 3.8) is 0 Å². The Bertz CT molecular complexity index is 1350. The van der Waals surface area contributed by atoms with E-state index in [-0.39, 0.29) is 30.2 Å². The molecule has 0 saturated carbocycles. The zero-order valence-corrected chi connectivity index (χ0v) is 22.8. The van der Waals surface area contributed by atoms with Crippen LogP contribution in [0.15, 0.2) is 96.3 Å². The topological polar surface area (TPSA) is 74.3 Å². The second-order valence-electron chi connectivity index (χ2n) is 9.03. The summed E-state index contributed by atoms with van der Waals surface area (Å²) >= 11 is 0. The van der Waals surface area contributed by atoms with Gasteiger partial charge in [-0.2, -0.15) is 0 Å². The number of esters is 2. The van der Waals surface area contributed by atoms with Crippen LogP contribution in [0.25, 0.3) is 0 Å². The molecule has 0 N–H and O–H groups in total. The van der Waals surface area contributed by atoms with Gasteiger partial charge in [-0.25, -0.2) is 14.0 Å². The molecule has 4 rings (SSSR count). The zero-order chi connectivity index (χ0) is 28.5. The second kappa shape index (κ2) is 13.5. The molecule has 0 radical (unpaired) electrons. The van der Waals surface area contributed by atoms with Crippen LogP contribution in [0, 0.1) is 5.82 Å². The Hall–Kier alpha value is -4.59. The fourth-order valence-corrected chi connectivity index (χ4v) is 4.45. The van der Waals surface area contributed by atoms with Crippen LogP contribution in [0.5, 0.6) is 11.5 Å². The standard InChI is InChI=1S/C32H32FNO6/c1-4-38-31(35)26-19-34(18-22-11-14-25(33)15-12-22)20-27(32(36)39-5-2)30(26)24-13-16-28(29(17-24)37-3)40-21-23-9-7-6-8-10-23/h6-17,19-20,30H,4-5,18,21H2,1-3H3. The van der Waals surface area contributed by atoms with Crippen molar-refractivity contribution in [3.05, 3.63) is 119 Å². The number of benzene rings is 3. The SMILES string of the molecule is CCOC(=O)C1=CN(Cc2ccc(F)cc2)C=C(C(=O)OCC)C1c1ccc(OCc2ccccc2)c(OC)c1. The summed E-state index contributed by atoms with van der Waals surface area (Å²) in [6.07, 6.45) is 3.31. The number of carbonyl (C=O) groups excluding carboxylic acids is 2. The molecule has 1 aliphatic rings. The highest BCUT2D eigenvalue weighted by atomic mass is 19.1. The Labute approximate surface area is 233 Å². The predicted octanol–water partition coefficient (Wildman–Crippen LogP) is 5.91. The molecule has 3 aromatic carbocycles. The summed E-state index contributed by atoms with van der Waals surface area (Å²) in [4.78, 5) is 28.2. The van der Waals surface area contributed by atoms with Gasteiger partial charge in [0.1, 0.15) is 12.4 Å². The van der Waals surface area contributed by atoms with Crippen LogP contribution < -0.4 is 9.47 Å². The number of nitrogens with zero attached hydrogens (tertiary/aromatic N) is 1. The molecule has 40 heavy (non-hydrogen) atoms. The molecule has 0 amide bonds. The Morgan fingerprint density at radius 2 is 1.43 bits per heavy atom. The summed E-state index contributed by atoms with van der Waals surface area (Å²) in [7, 11) is 1.53. The van der Waals surface area contributed by atoms with E-state index < -0.39 is 17.9 Å². The molecular weight excluding hydrogens is 513 g/mol. The molecule has 1 heterocycles. The molecular formula is C32H32FNO6. The Morgan fingerprint density at radius 1 is 0.800 bits per heavy atom. The highest BCUT2D eigenvalue weighted by Crippen LogP contribution is 2.41. The molecule has 208 valence electrons. The van der Waals surface area contributed by atoms with Gasteiger partial charge in [-0.05, 0) is 54.8 Å². The first-order chi connectivity index (χ1) is 19.4. The highest BCUT2D eigenvalue weighted by Gasteiger charge is 2.36. The molecule has 3 aromatic rings. The molecule has 0 fully saturated rings. The van der Waals surface area contributed by atoms with Gasteiger partial charge in [0.2, 0.25) is 0 Å². The van der Waals surface area contributed by atoms with Crippen molar-refractivity contribution in [2.45, 2.75) is 32.9 Å². The van der Waals surface area contributed by atoms with Crippen LogP contribution >= 0.6 is 0 Å². The van der Waals surface area contributed by atoms with Gasteiger partial charge in [-0.3, -0.25) is 0 Å². The fourth-order valence-electron chi connectivity index (χ4n) is 4.45. The van der Waals surface area contributed by atoms with E-state index in [4.69, 9.17) is 18.9 Å². The normalized spacial score (nSPS) is 13.2. The summed E-state index contributed by atoms with van der Waals surface area (Å²) in [5, 5.41) is 0. The lowest BCUT2D eigenvalue weighted by Gasteiger charge is -2.30. The third-order valence-electron chi connectivity index (χ3n) is 6.29. The summed E-state index contributed by atoms with van der Waals surface area (Å²) < 4.78 is 35.9. The summed E-state index contributed by atoms with van der Waals surface area (Å²) in [6.45, 7) is 4.41. The number of hydrogen-bond donors (Lipinski definition) is 0. The van der Waals surface area contributed by atoms with E-state index in [1.54, 1.807) is 61.5 Å². The van der Waals surface area contributed by atoms with Crippen molar-refractivity contribution in [1.82, 2.24) is 4.90 Å². The monoisotopic (exact) mass is 545 g/mol. The van der Waals surface area contributed by atoms with E-state index in [9.17, 15) is 14.0 Å². The molecule has 0 unspecified atom stereocenters. The van der Waals surface area contributed by atoms with Gasteiger partial charge >= 0.3 is 11.9 Å². The number of halogens is 1. The van der Waals surface area contributed by atoms with Crippen molar-refractivity contribution < 1.29 is 32.9 Å². The van der Waals surface area contributed by atoms with E-state index in [1.165, 1.54) is 19.2 Å². The molecule has 0 bridgehead atoms. The van der Waals surface area contributed by atoms with E-state index in [1.807, 2.05) is 30.3 Å². The molecule has 1 aliphatic heterocycles. The Morgan fingerprint density at radius 3 is 2.00 bits per heavy atom. The third kappa shape index (κ3) is 6.88. The van der Waals surface area contributed by atoms with Gasteiger partial charge in [0.05, 0.1) is 37.4 Å². The Kier molecular flexibility index (Phi) is 9.57. The molecule has 0 atom stereocenters. The van der Waals surface area contributed by atoms with E-state index in [0.717, 1.165) is 11.1 Å². The van der Waals surface area contributed by atoms with Crippen LogP contribution in [-0.4, -0.2) is 37.2 Å². The molecule has 0 aromatic heterocycles. The van der Waals surface area contributed by atoms with Crippen molar-refractivity contribution in [2.24, 2.45) is 0 Å². The van der Waals surface area contributed by atoms with Crippen molar-refractivity contribution in [1.29, 1.82) is 0 Å². The van der Waals surface area contributed by atoms with E-state index in [2.05, 4.69) is 0 Å². The maximum absolute atomic E-state index is 13.5. The average Bonchev–Trinajstić information content (AvgIpc) is 2.97. The lowest BCUT2D eigenvalue weighted by atomic mass is 9.83. The van der Waals surface area contributed by atoms with Gasteiger partial charge in [0, 0.05) is 18.9 Å². The van der Waals surface area contributed by atoms with Gasteiger partial charge in [0.15, 0.2) is 11.5 Å². The number of rotatable bonds is 11. The van der Waals surface area contributed by atoms with Gasteiger partial charge in [0.25, 0.3) is 0 Å². The van der Waals surface area contributed by atoms with Gasteiger partial charge in [-0.15, -0.1) is 0 Å². The summed E-state index contributed by atoms with van der Waals surface area (Å²) in [5.74, 6) is -1.27. The van der Waals surface area contributed by atoms with E-state index >= 15 is 0 Å². The minimum absolute atomic E-state index is 0.162. The predicted molar refractivity (Wildman–Crippen MR) is 148 cm³/mol. The largest absolute Gasteiger partial charge is 0.493 e. The van der Waals surface area contributed by atoms with Crippen LogP contribution in [0.4, 0.5) is 4.39 Å². The molecule has 0 aliphatic carbocycles. The van der Waals surface area contributed by atoms with E-state index in [0.29, 0.717) is 30.2 Å². The highest BCUT2D eigenvalue weighted by molar-refractivity contribution is 5.98. The Balaban J connectivity index is 1.72. The fraction of sp³-hybridized carbons (Fsp3) is 0.250. The number of hydrogen-bond acceptors (Lipinski definition) is 7. The summed E-state index contributed by atoms with van der Waals surface area (Å²) in [6, 6.07) is 21.1. The molecule has 0 spiro atoms.